The highest BCUT2D eigenvalue weighted by molar-refractivity contribution is 5.69. The zero-order valence-corrected chi connectivity index (χ0v) is 10.8. The van der Waals surface area contributed by atoms with Crippen molar-refractivity contribution in [3.63, 3.8) is 0 Å². The Balaban J connectivity index is 1.92. The first-order valence-electron chi connectivity index (χ1n) is 6.68. The monoisotopic (exact) mass is 243 g/mol. The lowest BCUT2D eigenvalue weighted by Crippen LogP contribution is -2.28. The van der Waals surface area contributed by atoms with Crippen molar-refractivity contribution in [3.8, 4) is 0 Å². The second-order valence-corrected chi connectivity index (χ2v) is 4.91. The summed E-state index contributed by atoms with van der Waals surface area (Å²) in [6.45, 7) is 1.55. The lowest BCUT2D eigenvalue weighted by atomic mass is 10.0. The number of hydrogen-bond donors (Lipinski definition) is 2. The van der Waals surface area contributed by atoms with E-state index in [9.17, 15) is 9.90 Å². The molecule has 0 aromatic heterocycles. The number of nitrogens with one attached hydrogen (secondary N) is 1. The quantitative estimate of drug-likeness (QED) is 0.500. The second-order valence-electron chi connectivity index (χ2n) is 4.91. The van der Waals surface area contributed by atoms with E-state index in [1.54, 1.807) is 0 Å². The summed E-state index contributed by atoms with van der Waals surface area (Å²) in [4.78, 5) is 10.9. The van der Waals surface area contributed by atoms with E-state index in [0.29, 0.717) is 19.4 Å². The fourth-order valence-electron chi connectivity index (χ4n) is 2.36. The smallest absolute Gasteiger partial charge is 0.305 e. The molecule has 0 amide bonds. The molecular formula is C13H25NO3. The van der Waals surface area contributed by atoms with E-state index in [1.165, 1.54) is 39.2 Å². The van der Waals surface area contributed by atoms with Gasteiger partial charge in [-0.3, -0.25) is 4.79 Å². The molecule has 0 heterocycles. The summed E-state index contributed by atoms with van der Waals surface area (Å²) in [5.74, 6) is 0.629. The first kappa shape index (κ1) is 14.5. The second kappa shape index (κ2) is 8.48. The van der Waals surface area contributed by atoms with Gasteiger partial charge in [0.15, 0.2) is 0 Å². The van der Waals surface area contributed by atoms with Gasteiger partial charge in [-0.15, -0.1) is 0 Å². The molecule has 1 aliphatic rings. The van der Waals surface area contributed by atoms with Gasteiger partial charge in [0.05, 0.1) is 13.2 Å². The fraction of sp³-hybridized carbons (Fsp3) is 0.923. The highest BCUT2D eigenvalue weighted by atomic mass is 16.5. The summed E-state index contributed by atoms with van der Waals surface area (Å²) in [6.07, 6.45) is 7.03. The average molecular weight is 243 g/mol. The van der Waals surface area contributed by atoms with Crippen LogP contribution in [-0.2, 0) is 9.53 Å². The number of methoxy groups -OCH3 is 1. The van der Waals surface area contributed by atoms with Crippen molar-refractivity contribution in [2.75, 3.05) is 20.2 Å². The summed E-state index contributed by atoms with van der Waals surface area (Å²) >= 11 is 0. The van der Waals surface area contributed by atoms with E-state index in [4.69, 9.17) is 0 Å². The van der Waals surface area contributed by atoms with Crippen molar-refractivity contribution >= 4 is 5.97 Å². The van der Waals surface area contributed by atoms with Gasteiger partial charge in [-0.2, -0.15) is 0 Å². The van der Waals surface area contributed by atoms with Crippen LogP contribution in [0, 0.1) is 5.92 Å². The molecule has 0 aromatic rings. The minimum atomic E-state index is -0.447. The predicted octanol–water partition coefficient (Wildman–Crippen LogP) is 1.47. The van der Waals surface area contributed by atoms with Crippen LogP contribution >= 0.6 is 0 Å². The van der Waals surface area contributed by atoms with Crippen LogP contribution in [0.4, 0.5) is 0 Å². The molecule has 1 aliphatic carbocycles. The first-order chi connectivity index (χ1) is 8.22. The van der Waals surface area contributed by atoms with E-state index in [1.807, 2.05) is 0 Å². The summed E-state index contributed by atoms with van der Waals surface area (Å²) in [6, 6.07) is 0. The summed E-state index contributed by atoms with van der Waals surface area (Å²) in [5.41, 5.74) is 0. The molecule has 0 bridgehead atoms. The largest absolute Gasteiger partial charge is 0.469 e. The Morgan fingerprint density at radius 3 is 2.82 bits per heavy atom. The van der Waals surface area contributed by atoms with Crippen molar-refractivity contribution in [3.05, 3.63) is 0 Å². The molecule has 0 aliphatic heterocycles. The van der Waals surface area contributed by atoms with E-state index in [2.05, 4.69) is 10.1 Å². The lowest BCUT2D eigenvalue weighted by molar-refractivity contribution is -0.141. The van der Waals surface area contributed by atoms with Crippen molar-refractivity contribution in [2.24, 2.45) is 5.92 Å². The van der Waals surface area contributed by atoms with Gasteiger partial charge < -0.3 is 15.2 Å². The number of carbonyl (C=O) groups is 1. The number of aliphatic hydroxyl groups is 1. The third-order valence-electron chi connectivity index (χ3n) is 3.49. The van der Waals surface area contributed by atoms with Gasteiger partial charge in [0.25, 0.3) is 0 Å². The SMILES string of the molecule is COC(=O)CCC(O)CNCCC1CCCC1. The van der Waals surface area contributed by atoms with Gasteiger partial charge in [-0.25, -0.2) is 0 Å². The molecule has 1 saturated carbocycles. The van der Waals surface area contributed by atoms with Gasteiger partial charge >= 0.3 is 5.97 Å². The number of esters is 1. The lowest BCUT2D eigenvalue weighted by Gasteiger charge is -2.13. The molecule has 2 N–H and O–H groups in total. The molecule has 0 spiro atoms. The van der Waals surface area contributed by atoms with Crippen LogP contribution in [0.15, 0.2) is 0 Å². The van der Waals surface area contributed by atoms with Crippen LogP contribution in [0.25, 0.3) is 0 Å². The standard InChI is InChI=1S/C13H25NO3/c1-17-13(16)7-6-12(15)10-14-9-8-11-4-2-3-5-11/h11-12,14-15H,2-10H2,1H3. The topological polar surface area (TPSA) is 58.6 Å². The number of ether oxygens (including phenoxy) is 1. The summed E-state index contributed by atoms with van der Waals surface area (Å²) in [5, 5.41) is 12.9. The number of carbonyl (C=O) groups excluding carboxylic acids is 1. The van der Waals surface area contributed by atoms with Crippen LogP contribution in [0.3, 0.4) is 0 Å². The molecule has 0 radical (unpaired) electrons. The molecular weight excluding hydrogens is 218 g/mol. The van der Waals surface area contributed by atoms with Crippen LogP contribution in [0.2, 0.25) is 0 Å². The predicted molar refractivity (Wildman–Crippen MR) is 66.7 cm³/mol. The maximum absolute atomic E-state index is 10.9. The maximum atomic E-state index is 10.9. The Bertz CT molecular complexity index is 215. The van der Waals surface area contributed by atoms with Crippen molar-refractivity contribution in [1.82, 2.24) is 5.32 Å². The normalized spacial score (nSPS) is 18.2. The molecule has 1 atom stereocenters. The maximum Gasteiger partial charge on any atom is 0.305 e. The van der Waals surface area contributed by atoms with Gasteiger partial charge in [0.1, 0.15) is 0 Å². The Hall–Kier alpha value is -0.610. The third kappa shape index (κ3) is 6.64. The van der Waals surface area contributed by atoms with Gasteiger partial charge in [-0.1, -0.05) is 25.7 Å². The molecule has 4 nitrogen and oxygen atoms in total. The molecule has 100 valence electrons. The highest BCUT2D eigenvalue weighted by Gasteiger charge is 2.14. The Labute approximate surface area is 104 Å². The molecule has 0 aromatic carbocycles. The van der Waals surface area contributed by atoms with Crippen molar-refractivity contribution in [1.29, 1.82) is 0 Å². The van der Waals surface area contributed by atoms with E-state index in [-0.39, 0.29) is 5.97 Å². The number of aliphatic hydroxyl groups excluding tert-OH is 1. The van der Waals surface area contributed by atoms with Gasteiger partial charge in [0, 0.05) is 13.0 Å². The van der Waals surface area contributed by atoms with E-state index in [0.717, 1.165) is 12.5 Å². The van der Waals surface area contributed by atoms with Crippen molar-refractivity contribution < 1.29 is 14.6 Å². The fourth-order valence-corrected chi connectivity index (χ4v) is 2.36. The first-order valence-corrected chi connectivity index (χ1v) is 6.68. The molecule has 1 rings (SSSR count). The Kier molecular flexibility index (Phi) is 7.21. The Morgan fingerprint density at radius 2 is 2.18 bits per heavy atom. The Morgan fingerprint density at radius 1 is 1.47 bits per heavy atom. The molecule has 0 saturated heterocycles. The van der Waals surface area contributed by atoms with Gasteiger partial charge in [-0.05, 0) is 25.3 Å². The van der Waals surface area contributed by atoms with Crippen molar-refractivity contribution in [2.45, 2.75) is 51.0 Å². The van der Waals surface area contributed by atoms with E-state index < -0.39 is 6.10 Å². The zero-order valence-electron chi connectivity index (χ0n) is 10.8. The molecule has 1 unspecified atom stereocenters. The van der Waals surface area contributed by atoms with Crippen LogP contribution in [0.1, 0.15) is 44.9 Å². The summed E-state index contributed by atoms with van der Waals surface area (Å²) in [7, 11) is 1.37. The number of hydrogen-bond acceptors (Lipinski definition) is 4. The average Bonchev–Trinajstić information content (AvgIpc) is 2.84. The third-order valence-corrected chi connectivity index (χ3v) is 3.49. The molecule has 17 heavy (non-hydrogen) atoms. The zero-order chi connectivity index (χ0) is 12.5. The van der Waals surface area contributed by atoms with Crippen LogP contribution in [0.5, 0.6) is 0 Å². The van der Waals surface area contributed by atoms with E-state index >= 15 is 0 Å². The molecule has 1 fully saturated rings. The minimum absolute atomic E-state index is 0.255. The highest BCUT2D eigenvalue weighted by Crippen LogP contribution is 2.26. The van der Waals surface area contributed by atoms with Crippen LogP contribution in [-0.4, -0.2) is 37.4 Å². The number of rotatable bonds is 8. The summed E-state index contributed by atoms with van der Waals surface area (Å²) < 4.78 is 4.52. The van der Waals surface area contributed by atoms with Gasteiger partial charge in [0.2, 0.25) is 0 Å². The minimum Gasteiger partial charge on any atom is -0.469 e. The molecule has 4 heteroatoms. The van der Waals surface area contributed by atoms with Crippen LogP contribution < -0.4 is 5.32 Å².